The summed E-state index contributed by atoms with van der Waals surface area (Å²) in [5.41, 5.74) is 4.60. The van der Waals surface area contributed by atoms with Gasteiger partial charge in [-0.1, -0.05) is 48.5 Å². The molecule has 0 aliphatic carbocycles. The summed E-state index contributed by atoms with van der Waals surface area (Å²) in [5, 5.41) is 14.1. The monoisotopic (exact) mass is 527 g/mol. The topological polar surface area (TPSA) is 63.3 Å². The molecule has 1 N–H and O–H groups in total. The Bertz CT molecular complexity index is 1410. The Balaban J connectivity index is 1.51. The van der Waals surface area contributed by atoms with Gasteiger partial charge in [0.1, 0.15) is 0 Å². The summed E-state index contributed by atoms with van der Waals surface area (Å²) in [6.07, 6.45) is -1.08. The minimum atomic E-state index is -4.41. The summed E-state index contributed by atoms with van der Waals surface area (Å²) in [5.74, 6) is -0.846. The normalized spacial score (nSPS) is 11.8. The second-order valence-corrected chi connectivity index (χ2v) is 10.2. The van der Waals surface area contributed by atoms with Crippen molar-refractivity contribution in [1.29, 1.82) is 0 Å². The highest BCUT2D eigenvalue weighted by molar-refractivity contribution is 7.99. The van der Waals surface area contributed by atoms with E-state index in [4.69, 9.17) is 9.63 Å². The lowest BCUT2D eigenvalue weighted by molar-refractivity contribution is -0.140. The van der Waals surface area contributed by atoms with Crippen LogP contribution in [0.4, 0.5) is 13.2 Å². The summed E-state index contributed by atoms with van der Waals surface area (Å²) >= 11 is 1.14. The number of fused-ring (bicyclic) bond motifs is 1. The quantitative estimate of drug-likeness (QED) is 0.226. The van der Waals surface area contributed by atoms with E-state index in [0.29, 0.717) is 24.8 Å². The highest BCUT2D eigenvalue weighted by Gasteiger charge is 2.33. The Morgan fingerprint density at radius 2 is 1.78 bits per heavy atom. The summed E-state index contributed by atoms with van der Waals surface area (Å²) < 4.78 is 46.4. The van der Waals surface area contributed by atoms with Crippen molar-refractivity contribution in [2.45, 2.75) is 68.3 Å². The number of rotatable bonds is 10. The van der Waals surface area contributed by atoms with Gasteiger partial charge in [-0.2, -0.15) is 13.2 Å². The molecule has 1 heterocycles. The lowest BCUT2D eigenvalue weighted by atomic mass is 9.99. The predicted molar refractivity (Wildman–Crippen MR) is 138 cm³/mol. The van der Waals surface area contributed by atoms with Gasteiger partial charge in [-0.25, -0.2) is 0 Å². The van der Waals surface area contributed by atoms with Gasteiger partial charge in [-0.05, 0) is 91.3 Å². The second kappa shape index (κ2) is 11.4. The lowest BCUT2D eigenvalue weighted by Crippen LogP contribution is -2.07. The minimum absolute atomic E-state index is 0.0506. The first-order chi connectivity index (χ1) is 17.6. The molecule has 194 valence electrons. The number of hydrogen-bond acceptors (Lipinski definition) is 4. The summed E-state index contributed by atoms with van der Waals surface area (Å²) in [6.45, 7) is 3.95. The predicted octanol–water partition coefficient (Wildman–Crippen LogP) is 8.06. The molecule has 4 aromatic rings. The van der Waals surface area contributed by atoms with Gasteiger partial charge in [0, 0.05) is 21.6 Å². The van der Waals surface area contributed by atoms with E-state index in [1.807, 2.05) is 50.2 Å². The first-order valence-electron chi connectivity index (χ1n) is 12.2. The number of carboxylic acid groups (broad SMARTS) is 1. The van der Waals surface area contributed by atoms with Crippen molar-refractivity contribution in [2.24, 2.45) is 0 Å². The second-order valence-electron chi connectivity index (χ2n) is 9.13. The molecule has 3 aromatic carbocycles. The molecule has 0 atom stereocenters. The molecular weight excluding hydrogens is 499 g/mol. The van der Waals surface area contributed by atoms with Gasteiger partial charge in [0.25, 0.3) is 0 Å². The average Bonchev–Trinajstić information content (AvgIpc) is 3.22. The minimum Gasteiger partial charge on any atom is -0.481 e. The Labute approximate surface area is 217 Å². The fraction of sp³-hybridized carbons (Fsp3) is 0.310. The van der Waals surface area contributed by atoms with Crippen LogP contribution in [0.2, 0.25) is 0 Å². The van der Waals surface area contributed by atoms with Crippen LogP contribution in [-0.2, 0) is 36.7 Å². The Hall–Kier alpha value is -3.26. The summed E-state index contributed by atoms with van der Waals surface area (Å²) in [4.78, 5) is 11.9. The lowest BCUT2D eigenvalue weighted by Gasteiger charge is -2.14. The molecule has 0 saturated heterocycles. The highest BCUT2D eigenvalue weighted by Crippen LogP contribution is 2.40. The van der Waals surface area contributed by atoms with Crippen molar-refractivity contribution in [2.75, 3.05) is 0 Å². The molecule has 0 amide bonds. The molecule has 0 saturated carbocycles. The van der Waals surface area contributed by atoms with Gasteiger partial charge < -0.3 is 9.63 Å². The smallest absolute Gasteiger partial charge is 0.417 e. The number of alkyl halides is 3. The van der Waals surface area contributed by atoms with Gasteiger partial charge in [0.15, 0.2) is 5.58 Å². The molecule has 8 heteroatoms. The van der Waals surface area contributed by atoms with Crippen molar-refractivity contribution < 1.29 is 27.6 Å². The average molecular weight is 528 g/mol. The van der Waals surface area contributed by atoms with E-state index in [-0.39, 0.29) is 11.3 Å². The molecular formula is C29H28F3NO3S. The molecule has 4 nitrogen and oxygen atoms in total. The molecule has 0 radical (unpaired) electrons. The standard InChI is InChI=1S/C29H28F3NO3S/c1-3-5-19-8-11-24(29(30,31)32)27(16-19)37-22-7-4-6-20(15-22)9-12-25-23-14-18(2)21(10-13-28(34)35)17-26(23)36-33-25/h4,6-8,11,14-17H,3,5,9-10,12-13H2,1-2H3,(H,34,35). The van der Waals surface area contributed by atoms with Gasteiger partial charge in [0.05, 0.1) is 11.3 Å². The van der Waals surface area contributed by atoms with E-state index in [2.05, 4.69) is 5.16 Å². The number of nitrogens with zero attached hydrogens (tertiary/aromatic N) is 1. The number of halogens is 3. The van der Waals surface area contributed by atoms with Crippen LogP contribution >= 0.6 is 11.8 Å². The van der Waals surface area contributed by atoms with E-state index in [0.717, 1.165) is 62.8 Å². The number of benzene rings is 3. The van der Waals surface area contributed by atoms with E-state index < -0.39 is 17.7 Å². The SMILES string of the molecule is CCCc1ccc(C(F)(F)F)c(Sc2cccc(CCc3noc4cc(CCC(=O)O)c(C)cc34)c2)c1. The van der Waals surface area contributed by atoms with Crippen LogP contribution in [0.3, 0.4) is 0 Å². The number of hydrogen-bond donors (Lipinski definition) is 1. The number of carbonyl (C=O) groups is 1. The number of carboxylic acids is 1. The molecule has 0 bridgehead atoms. The van der Waals surface area contributed by atoms with E-state index in [1.165, 1.54) is 6.07 Å². The van der Waals surface area contributed by atoms with Gasteiger partial charge in [0.2, 0.25) is 0 Å². The maximum Gasteiger partial charge on any atom is 0.417 e. The number of aromatic nitrogens is 1. The summed E-state index contributed by atoms with van der Waals surface area (Å²) in [7, 11) is 0. The zero-order valence-corrected chi connectivity index (χ0v) is 21.5. The molecule has 1 aromatic heterocycles. The van der Waals surface area contributed by atoms with Crippen molar-refractivity contribution in [3.8, 4) is 0 Å². The molecule has 0 spiro atoms. The van der Waals surface area contributed by atoms with Gasteiger partial charge in [-0.3, -0.25) is 4.79 Å². The Morgan fingerprint density at radius 1 is 1.00 bits per heavy atom. The number of aliphatic carboxylic acids is 1. The largest absolute Gasteiger partial charge is 0.481 e. The zero-order valence-electron chi connectivity index (χ0n) is 20.7. The van der Waals surface area contributed by atoms with Crippen LogP contribution in [-0.4, -0.2) is 16.2 Å². The maximum atomic E-state index is 13.6. The maximum absolute atomic E-state index is 13.6. The molecule has 0 aliphatic rings. The van der Waals surface area contributed by atoms with E-state index >= 15 is 0 Å². The first kappa shape index (κ1) is 26.8. The summed E-state index contributed by atoms with van der Waals surface area (Å²) in [6, 6.07) is 15.8. The van der Waals surface area contributed by atoms with Crippen LogP contribution in [0.1, 0.15) is 53.3 Å². The third kappa shape index (κ3) is 6.74. The van der Waals surface area contributed by atoms with Crippen LogP contribution in [0, 0.1) is 6.92 Å². The van der Waals surface area contributed by atoms with Crippen molar-refractivity contribution in [3.05, 3.63) is 88.1 Å². The van der Waals surface area contributed by atoms with Crippen LogP contribution in [0.25, 0.3) is 11.0 Å². The van der Waals surface area contributed by atoms with E-state index in [9.17, 15) is 18.0 Å². The zero-order chi connectivity index (χ0) is 26.6. The Kier molecular flexibility index (Phi) is 8.27. The molecule has 0 aliphatic heterocycles. The van der Waals surface area contributed by atoms with Crippen LogP contribution in [0.5, 0.6) is 0 Å². The first-order valence-corrected chi connectivity index (χ1v) is 13.0. The third-order valence-electron chi connectivity index (χ3n) is 6.28. The fourth-order valence-electron chi connectivity index (χ4n) is 4.36. The van der Waals surface area contributed by atoms with E-state index in [1.54, 1.807) is 12.1 Å². The highest BCUT2D eigenvalue weighted by atomic mass is 32.2. The van der Waals surface area contributed by atoms with Crippen LogP contribution in [0.15, 0.2) is 68.9 Å². The molecule has 37 heavy (non-hydrogen) atoms. The van der Waals surface area contributed by atoms with Gasteiger partial charge in [-0.15, -0.1) is 0 Å². The van der Waals surface area contributed by atoms with Crippen molar-refractivity contribution in [3.63, 3.8) is 0 Å². The third-order valence-corrected chi connectivity index (χ3v) is 7.33. The molecule has 4 rings (SSSR count). The molecule has 0 fully saturated rings. The van der Waals surface area contributed by atoms with Gasteiger partial charge >= 0.3 is 12.1 Å². The van der Waals surface area contributed by atoms with Crippen molar-refractivity contribution >= 4 is 28.7 Å². The van der Waals surface area contributed by atoms with Crippen LogP contribution < -0.4 is 0 Å². The fourth-order valence-corrected chi connectivity index (χ4v) is 5.47. The van der Waals surface area contributed by atoms with Crippen molar-refractivity contribution in [1.82, 2.24) is 5.16 Å². The Morgan fingerprint density at radius 3 is 2.51 bits per heavy atom. The molecule has 0 unspecified atom stereocenters. The number of aryl methyl sites for hydroxylation is 5.